The first-order valence-corrected chi connectivity index (χ1v) is 13.1. The van der Waals surface area contributed by atoms with Crippen molar-refractivity contribution in [3.05, 3.63) is 87.5 Å². The zero-order chi connectivity index (χ0) is 27.9. The SMILES string of the molecule is Cc1ccc([C@H](CC(=O)O)c2ccc3c(nnn3C)c2C)cc1CN1Cc2ccc(C#N)cc2OC(C)(C)C1. The summed E-state index contributed by atoms with van der Waals surface area (Å²) in [5.41, 5.74) is 8.07. The number of aliphatic carboxylic acids is 1. The molecule has 0 aliphatic carbocycles. The van der Waals surface area contributed by atoms with Crippen molar-refractivity contribution in [3.63, 3.8) is 0 Å². The molecule has 3 aromatic carbocycles. The number of nitrogens with zero attached hydrogens (tertiary/aromatic N) is 5. The third-order valence-corrected chi connectivity index (χ3v) is 7.58. The van der Waals surface area contributed by atoms with E-state index in [1.807, 2.05) is 50.4 Å². The van der Waals surface area contributed by atoms with E-state index in [2.05, 4.69) is 54.2 Å². The van der Waals surface area contributed by atoms with Gasteiger partial charge >= 0.3 is 5.97 Å². The van der Waals surface area contributed by atoms with E-state index < -0.39 is 11.6 Å². The first-order chi connectivity index (χ1) is 18.5. The highest BCUT2D eigenvalue weighted by atomic mass is 16.5. The van der Waals surface area contributed by atoms with Crippen LogP contribution in [0.4, 0.5) is 0 Å². The summed E-state index contributed by atoms with van der Waals surface area (Å²) >= 11 is 0. The molecule has 1 aliphatic rings. The van der Waals surface area contributed by atoms with Gasteiger partial charge in [0.2, 0.25) is 0 Å². The zero-order valence-corrected chi connectivity index (χ0v) is 23.0. The van der Waals surface area contributed by atoms with Gasteiger partial charge in [-0.05, 0) is 73.7 Å². The van der Waals surface area contributed by atoms with Crippen LogP contribution in [0.15, 0.2) is 48.5 Å². The summed E-state index contributed by atoms with van der Waals surface area (Å²) in [7, 11) is 1.85. The highest BCUT2D eigenvalue weighted by molar-refractivity contribution is 5.80. The van der Waals surface area contributed by atoms with Crippen molar-refractivity contribution in [2.45, 2.75) is 58.7 Å². The van der Waals surface area contributed by atoms with Crippen LogP contribution in [0.5, 0.6) is 5.75 Å². The minimum absolute atomic E-state index is 0.0195. The van der Waals surface area contributed by atoms with Gasteiger partial charge in [0.25, 0.3) is 0 Å². The molecule has 1 N–H and O–H groups in total. The predicted molar refractivity (Wildman–Crippen MR) is 148 cm³/mol. The maximum Gasteiger partial charge on any atom is 0.304 e. The number of carboxylic acids is 1. The Kier molecular flexibility index (Phi) is 6.87. The number of nitriles is 1. The lowest BCUT2D eigenvalue weighted by molar-refractivity contribution is -0.137. The molecule has 0 saturated heterocycles. The lowest BCUT2D eigenvalue weighted by atomic mass is 9.84. The second-order valence-corrected chi connectivity index (χ2v) is 11.1. The maximum atomic E-state index is 12.0. The van der Waals surface area contributed by atoms with Gasteiger partial charge in [-0.1, -0.05) is 35.5 Å². The highest BCUT2D eigenvalue weighted by Gasteiger charge is 2.30. The molecule has 0 bridgehead atoms. The van der Waals surface area contributed by atoms with Crippen LogP contribution in [0.25, 0.3) is 11.0 Å². The van der Waals surface area contributed by atoms with Gasteiger partial charge in [-0.15, -0.1) is 5.10 Å². The van der Waals surface area contributed by atoms with Crippen LogP contribution in [-0.2, 0) is 24.9 Å². The first kappa shape index (κ1) is 26.4. The fourth-order valence-corrected chi connectivity index (χ4v) is 5.65. The van der Waals surface area contributed by atoms with Crippen LogP contribution in [0.1, 0.15) is 65.1 Å². The normalized spacial score (nSPS) is 15.7. The average Bonchev–Trinajstić information content (AvgIpc) is 3.20. The molecule has 1 aromatic heterocycles. The Balaban J connectivity index is 1.50. The number of hydrogen-bond donors (Lipinski definition) is 1. The van der Waals surface area contributed by atoms with Crippen LogP contribution in [-0.4, -0.2) is 43.1 Å². The number of fused-ring (bicyclic) bond motifs is 2. The Morgan fingerprint density at radius 3 is 2.72 bits per heavy atom. The van der Waals surface area contributed by atoms with Crippen LogP contribution >= 0.6 is 0 Å². The number of hydrogen-bond acceptors (Lipinski definition) is 6. The highest BCUT2D eigenvalue weighted by Crippen LogP contribution is 2.35. The Bertz CT molecular complexity index is 1610. The molecule has 39 heavy (non-hydrogen) atoms. The van der Waals surface area contributed by atoms with E-state index in [0.717, 1.165) is 50.2 Å². The number of carbonyl (C=O) groups is 1. The van der Waals surface area contributed by atoms with Crippen molar-refractivity contribution in [3.8, 4) is 11.8 Å². The summed E-state index contributed by atoms with van der Waals surface area (Å²) in [5.74, 6) is -0.411. The van der Waals surface area contributed by atoms with Gasteiger partial charge in [0.1, 0.15) is 16.9 Å². The van der Waals surface area contributed by atoms with Crippen LogP contribution in [0, 0.1) is 25.2 Å². The topological polar surface area (TPSA) is 104 Å². The van der Waals surface area contributed by atoms with E-state index in [-0.39, 0.29) is 12.3 Å². The first-order valence-electron chi connectivity index (χ1n) is 13.1. The standard InChI is InChI=1S/C31H33N5O3/c1-19-6-8-22(26(14-29(37)38)25-10-11-27-30(20(25)2)33-34-35(27)5)13-24(19)17-36-16-23-9-7-21(15-32)12-28(23)39-31(3,4)18-36/h6-13,26H,14,16-18H2,1-5H3,(H,37,38)/t26-/m0/s1. The van der Waals surface area contributed by atoms with Gasteiger partial charge in [0, 0.05) is 38.2 Å². The average molecular weight is 524 g/mol. The van der Waals surface area contributed by atoms with Crippen molar-refractivity contribution in [1.82, 2.24) is 19.9 Å². The number of aryl methyl sites for hydroxylation is 3. The zero-order valence-electron chi connectivity index (χ0n) is 23.0. The van der Waals surface area contributed by atoms with Crippen molar-refractivity contribution >= 4 is 17.0 Å². The minimum Gasteiger partial charge on any atom is -0.486 e. The lowest BCUT2D eigenvalue weighted by Gasteiger charge is -2.30. The van der Waals surface area contributed by atoms with E-state index >= 15 is 0 Å². The molecule has 0 spiro atoms. The number of aromatic nitrogens is 3. The molecule has 5 rings (SSSR count). The number of carboxylic acid groups (broad SMARTS) is 1. The molecule has 1 atom stereocenters. The molecule has 8 nitrogen and oxygen atoms in total. The molecule has 0 unspecified atom stereocenters. The molecular weight excluding hydrogens is 490 g/mol. The Morgan fingerprint density at radius 2 is 1.97 bits per heavy atom. The fraction of sp³-hybridized carbons (Fsp3) is 0.355. The molecule has 0 saturated carbocycles. The number of benzene rings is 3. The molecular formula is C31H33N5O3. The fourth-order valence-electron chi connectivity index (χ4n) is 5.65. The smallest absolute Gasteiger partial charge is 0.304 e. The molecule has 0 radical (unpaired) electrons. The van der Waals surface area contributed by atoms with E-state index in [0.29, 0.717) is 25.2 Å². The van der Waals surface area contributed by atoms with Gasteiger partial charge in [-0.2, -0.15) is 5.26 Å². The van der Waals surface area contributed by atoms with Crippen molar-refractivity contribution in [2.24, 2.45) is 7.05 Å². The summed E-state index contributed by atoms with van der Waals surface area (Å²) in [6, 6.07) is 18.1. The van der Waals surface area contributed by atoms with Crippen molar-refractivity contribution < 1.29 is 14.6 Å². The van der Waals surface area contributed by atoms with E-state index in [9.17, 15) is 15.2 Å². The molecule has 0 amide bonds. The Hall–Kier alpha value is -4.22. The van der Waals surface area contributed by atoms with E-state index in [1.165, 1.54) is 0 Å². The van der Waals surface area contributed by atoms with E-state index in [1.54, 1.807) is 4.68 Å². The molecule has 4 aromatic rings. The van der Waals surface area contributed by atoms with Gasteiger partial charge < -0.3 is 9.84 Å². The quantitative estimate of drug-likeness (QED) is 0.369. The van der Waals surface area contributed by atoms with E-state index in [4.69, 9.17) is 4.74 Å². The molecule has 2 heterocycles. The molecule has 0 fully saturated rings. The Morgan fingerprint density at radius 1 is 1.18 bits per heavy atom. The second kappa shape index (κ2) is 10.2. The van der Waals surface area contributed by atoms with Crippen LogP contribution < -0.4 is 4.74 Å². The maximum absolute atomic E-state index is 12.0. The van der Waals surface area contributed by atoms with Gasteiger partial charge in [0.05, 0.1) is 23.6 Å². The van der Waals surface area contributed by atoms with Crippen molar-refractivity contribution in [1.29, 1.82) is 5.26 Å². The van der Waals surface area contributed by atoms with Gasteiger partial charge in [-0.3, -0.25) is 9.69 Å². The van der Waals surface area contributed by atoms with Gasteiger partial charge in [0.15, 0.2) is 0 Å². The lowest BCUT2D eigenvalue weighted by Crippen LogP contribution is -2.40. The van der Waals surface area contributed by atoms with Crippen molar-refractivity contribution in [2.75, 3.05) is 6.54 Å². The van der Waals surface area contributed by atoms with Gasteiger partial charge in [-0.25, -0.2) is 4.68 Å². The Labute approximate surface area is 228 Å². The summed E-state index contributed by atoms with van der Waals surface area (Å²) in [6.07, 6.45) is -0.0195. The number of rotatable bonds is 6. The van der Waals surface area contributed by atoms with Crippen LogP contribution in [0.2, 0.25) is 0 Å². The monoisotopic (exact) mass is 523 g/mol. The van der Waals surface area contributed by atoms with Crippen LogP contribution in [0.3, 0.4) is 0 Å². The second-order valence-electron chi connectivity index (χ2n) is 11.1. The largest absolute Gasteiger partial charge is 0.486 e. The summed E-state index contributed by atoms with van der Waals surface area (Å²) < 4.78 is 8.06. The molecule has 8 heteroatoms. The summed E-state index contributed by atoms with van der Waals surface area (Å²) in [4.78, 5) is 14.4. The molecule has 200 valence electrons. The summed E-state index contributed by atoms with van der Waals surface area (Å²) in [5, 5.41) is 27.6. The third-order valence-electron chi connectivity index (χ3n) is 7.58. The predicted octanol–water partition coefficient (Wildman–Crippen LogP) is 5.24. The minimum atomic E-state index is -0.847. The summed E-state index contributed by atoms with van der Waals surface area (Å²) in [6.45, 7) is 10.3. The molecule has 1 aliphatic heterocycles. The third kappa shape index (κ3) is 5.36. The number of ether oxygens (including phenoxy) is 1.